The molecule has 0 aromatic rings. The zero-order valence-corrected chi connectivity index (χ0v) is 11.2. The summed E-state index contributed by atoms with van der Waals surface area (Å²) >= 11 is 0. The molecule has 4 atom stereocenters. The normalized spacial score (nSPS) is 44.4. The van der Waals surface area contributed by atoms with Crippen molar-refractivity contribution >= 4 is 5.91 Å². The van der Waals surface area contributed by atoms with Gasteiger partial charge in [-0.15, -0.1) is 0 Å². The van der Waals surface area contributed by atoms with Crippen molar-refractivity contribution in [2.75, 3.05) is 19.6 Å². The maximum atomic E-state index is 12.1. The summed E-state index contributed by atoms with van der Waals surface area (Å²) in [6, 6.07) is 1.39. The van der Waals surface area contributed by atoms with Crippen LogP contribution in [0.4, 0.5) is 0 Å². The SMILES string of the molecule is O=C1CCC[C@@H]2[C@H]3C[C@H](CN12)[C@@H]1CCCCN1C3. The number of carbonyl (C=O) groups excluding carboxylic acids is 1. The van der Waals surface area contributed by atoms with E-state index in [-0.39, 0.29) is 0 Å². The van der Waals surface area contributed by atoms with Crippen LogP contribution in [0.1, 0.15) is 44.9 Å². The number of nitrogens with zero attached hydrogens (tertiary/aromatic N) is 2. The minimum absolute atomic E-state index is 0.449. The van der Waals surface area contributed by atoms with E-state index in [2.05, 4.69) is 9.80 Å². The molecule has 3 nitrogen and oxygen atoms in total. The number of carbonyl (C=O) groups is 1. The Kier molecular flexibility index (Phi) is 2.65. The molecule has 18 heavy (non-hydrogen) atoms. The van der Waals surface area contributed by atoms with E-state index in [1.54, 1.807) is 0 Å². The zero-order valence-electron chi connectivity index (χ0n) is 11.2. The second-order valence-electron chi connectivity index (χ2n) is 6.82. The first-order valence-electron chi connectivity index (χ1n) is 7.86. The molecule has 4 aliphatic heterocycles. The molecular formula is C15H24N2O. The minimum Gasteiger partial charge on any atom is -0.339 e. The largest absolute Gasteiger partial charge is 0.339 e. The highest BCUT2D eigenvalue weighted by Gasteiger charge is 2.47. The van der Waals surface area contributed by atoms with Crippen LogP contribution in [0.25, 0.3) is 0 Å². The number of amides is 1. The Balaban J connectivity index is 1.59. The van der Waals surface area contributed by atoms with Gasteiger partial charge in [0.2, 0.25) is 5.91 Å². The molecule has 1 amide bonds. The average molecular weight is 248 g/mol. The lowest BCUT2D eigenvalue weighted by molar-refractivity contribution is -0.148. The molecule has 2 bridgehead atoms. The summed E-state index contributed by atoms with van der Waals surface area (Å²) in [5.74, 6) is 2.01. The van der Waals surface area contributed by atoms with E-state index >= 15 is 0 Å². The van der Waals surface area contributed by atoms with E-state index in [0.717, 1.165) is 37.3 Å². The third-order valence-electron chi connectivity index (χ3n) is 5.87. The molecule has 0 aliphatic carbocycles. The fourth-order valence-corrected chi connectivity index (χ4v) is 5.10. The number of hydrogen-bond donors (Lipinski definition) is 0. The second kappa shape index (κ2) is 4.22. The number of rotatable bonds is 0. The van der Waals surface area contributed by atoms with Crippen LogP contribution in [-0.4, -0.2) is 47.4 Å². The van der Waals surface area contributed by atoms with Gasteiger partial charge in [-0.2, -0.15) is 0 Å². The van der Waals surface area contributed by atoms with Crippen molar-refractivity contribution in [1.82, 2.24) is 9.80 Å². The molecule has 0 spiro atoms. The van der Waals surface area contributed by atoms with Crippen LogP contribution in [0.3, 0.4) is 0 Å². The van der Waals surface area contributed by atoms with Gasteiger partial charge in [0.15, 0.2) is 0 Å². The second-order valence-corrected chi connectivity index (χ2v) is 6.82. The Morgan fingerprint density at radius 2 is 1.78 bits per heavy atom. The van der Waals surface area contributed by atoms with E-state index in [1.807, 2.05) is 0 Å². The van der Waals surface area contributed by atoms with E-state index in [4.69, 9.17) is 0 Å². The van der Waals surface area contributed by atoms with Gasteiger partial charge in [0.1, 0.15) is 0 Å². The Morgan fingerprint density at radius 1 is 0.944 bits per heavy atom. The summed E-state index contributed by atoms with van der Waals surface area (Å²) in [4.78, 5) is 17.2. The van der Waals surface area contributed by atoms with Crippen LogP contribution in [0.2, 0.25) is 0 Å². The number of piperidine rings is 4. The predicted octanol–water partition coefficient (Wildman–Crippen LogP) is 1.87. The minimum atomic E-state index is 0.449. The van der Waals surface area contributed by atoms with Gasteiger partial charge < -0.3 is 4.90 Å². The third kappa shape index (κ3) is 1.63. The van der Waals surface area contributed by atoms with Crippen molar-refractivity contribution in [2.45, 2.75) is 57.0 Å². The quantitative estimate of drug-likeness (QED) is 0.653. The summed E-state index contributed by atoms with van der Waals surface area (Å²) < 4.78 is 0. The first-order valence-corrected chi connectivity index (χ1v) is 7.86. The van der Waals surface area contributed by atoms with Gasteiger partial charge in [-0.3, -0.25) is 9.69 Å². The van der Waals surface area contributed by atoms with Crippen molar-refractivity contribution < 1.29 is 4.79 Å². The van der Waals surface area contributed by atoms with Crippen LogP contribution in [-0.2, 0) is 4.79 Å². The average Bonchev–Trinajstić information content (AvgIpc) is 2.40. The summed E-state index contributed by atoms with van der Waals surface area (Å²) in [5, 5.41) is 0. The summed E-state index contributed by atoms with van der Waals surface area (Å²) in [6.45, 7) is 3.66. The highest BCUT2D eigenvalue weighted by Crippen LogP contribution is 2.42. The third-order valence-corrected chi connectivity index (χ3v) is 5.87. The zero-order chi connectivity index (χ0) is 12.1. The van der Waals surface area contributed by atoms with E-state index in [9.17, 15) is 4.79 Å². The Morgan fingerprint density at radius 3 is 2.72 bits per heavy atom. The van der Waals surface area contributed by atoms with Crippen molar-refractivity contribution in [1.29, 1.82) is 0 Å². The molecule has 3 heteroatoms. The van der Waals surface area contributed by atoms with Crippen LogP contribution < -0.4 is 0 Å². The van der Waals surface area contributed by atoms with Gasteiger partial charge in [-0.05, 0) is 50.5 Å². The van der Waals surface area contributed by atoms with Gasteiger partial charge >= 0.3 is 0 Å². The molecule has 0 N–H and O–H groups in total. The fraction of sp³-hybridized carbons (Fsp3) is 0.933. The number of hydrogen-bond acceptors (Lipinski definition) is 2. The van der Waals surface area contributed by atoms with Gasteiger partial charge in [-0.1, -0.05) is 6.42 Å². The molecule has 4 fully saturated rings. The van der Waals surface area contributed by atoms with Gasteiger partial charge in [0, 0.05) is 31.6 Å². The van der Waals surface area contributed by atoms with Crippen molar-refractivity contribution in [2.24, 2.45) is 11.8 Å². The Bertz CT molecular complexity index is 356. The molecule has 4 heterocycles. The van der Waals surface area contributed by atoms with Crippen molar-refractivity contribution in [3.8, 4) is 0 Å². The van der Waals surface area contributed by atoms with Crippen LogP contribution in [0.15, 0.2) is 0 Å². The van der Waals surface area contributed by atoms with Crippen molar-refractivity contribution in [3.63, 3.8) is 0 Å². The standard InChI is InChI=1S/C15H24N2O/c18-15-6-3-5-14-11-8-12(10-17(14)15)13-4-1-2-7-16(13)9-11/h11-14H,1-10H2/t11-,12+,13-,14+/m0/s1. The molecule has 100 valence electrons. The Hall–Kier alpha value is -0.570. The topological polar surface area (TPSA) is 23.6 Å². The lowest BCUT2D eigenvalue weighted by atomic mass is 9.71. The molecule has 0 aromatic carbocycles. The maximum Gasteiger partial charge on any atom is 0.222 e. The molecule has 4 aliphatic rings. The van der Waals surface area contributed by atoms with Crippen LogP contribution in [0, 0.1) is 11.8 Å². The molecule has 4 rings (SSSR count). The highest BCUT2D eigenvalue weighted by atomic mass is 16.2. The number of fused-ring (bicyclic) bond motifs is 6. The first kappa shape index (κ1) is 11.3. The maximum absolute atomic E-state index is 12.1. The molecule has 4 saturated heterocycles. The predicted molar refractivity (Wildman–Crippen MR) is 70.2 cm³/mol. The van der Waals surface area contributed by atoms with Gasteiger partial charge in [-0.25, -0.2) is 0 Å². The summed E-state index contributed by atoms with van der Waals surface area (Å²) in [5.41, 5.74) is 0. The van der Waals surface area contributed by atoms with E-state index in [1.165, 1.54) is 45.2 Å². The first-order chi connectivity index (χ1) is 8.83. The lowest BCUT2D eigenvalue weighted by Gasteiger charge is -2.56. The van der Waals surface area contributed by atoms with Gasteiger partial charge in [0.25, 0.3) is 0 Å². The molecule has 0 radical (unpaired) electrons. The molecule has 0 aromatic heterocycles. The molecular weight excluding hydrogens is 224 g/mol. The lowest BCUT2D eigenvalue weighted by Crippen LogP contribution is -2.64. The Labute approximate surface area is 110 Å². The molecule has 0 saturated carbocycles. The van der Waals surface area contributed by atoms with E-state index in [0.29, 0.717) is 11.9 Å². The summed E-state index contributed by atoms with van der Waals surface area (Å²) in [7, 11) is 0. The van der Waals surface area contributed by atoms with E-state index < -0.39 is 0 Å². The van der Waals surface area contributed by atoms with Crippen LogP contribution >= 0.6 is 0 Å². The molecule has 0 unspecified atom stereocenters. The highest BCUT2D eigenvalue weighted by molar-refractivity contribution is 5.77. The fourth-order valence-electron chi connectivity index (χ4n) is 5.10. The monoisotopic (exact) mass is 248 g/mol. The van der Waals surface area contributed by atoms with Crippen LogP contribution in [0.5, 0.6) is 0 Å². The van der Waals surface area contributed by atoms with Crippen molar-refractivity contribution in [3.05, 3.63) is 0 Å². The van der Waals surface area contributed by atoms with Gasteiger partial charge in [0.05, 0.1) is 0 Å². The summed E-state index contributed by atoms with van der Waals surface area (Å²) in [6.07, 6.45) is 8.78. The smallest absolute Gasteiger partial charge is 0.222 e.